The maximum absolute atomic E-state index is 13.0. The van der Waals surface area contributed by atoms with Gasteiger partial charge in [-0.25, -0.2) is 9.78 Å². The molecule has 9 heteroatoms. The Morgan fingerprint density at radius 2 is 1.97 bits per heavy atom. The normalized spacial score (nSPS) is 11.3. The number of carboxylic acids is 1. The van der Waals surface area contributed by atoms with E-state index in [0.29, 0.717) is 34.5 Å². The topological polar surface area (TPSA) is 93.8 Å². The fourth-order valence-electron chi connectivity index (χ4n) is 2.71. The zero-order valence-corrected chi connectivity index (χ0v) is 18.6. The van der Waals surface area contributed by atoms with Crippen LogP contribution in [0.3, 0.4) is 0 Å². The van der Waals surface area contributed by atoms with Crippen molar-refractivity contribution < 1.29 is 14.6 Å². The van der Waals surface area contributed by atoms with Crippen LogP contribution in [0.5, 0.6) is 5.75 Å². The number of nitrogens with zero attached hydrogens (tertiary/aromatic N) is 3. The Hall–Kier alpha value is -2.52. The number of hydrogen-bond acceptors (Lipinski definition) is 5. The van der Waals surface area contributed by atoms with E-state index in [1.807, 2.05) is 13.0 Å². The summed E-state index contributed by atoms with van der Waals surface area (Å²) < 4.78 is 8.14. The summed E-state index contributed by atoms with van der Waals surface area (Å²) in [5.41, 5.74) is 0.865. The fraction of sp³-hybridized carbons (Fsp3) is 0.200. The lowest BCUT2D eigenvalue weighted by Gasteiger charge is -2.10. The highest BCUT2D eigenvalue weighted by molar-refractivity contribution is 9.10. The first kappa shape index (κ1) is 21.2. The van der Waals surface area contributed by atoms with Gasteiger partial charge in [0.25, 0.3) is 5.56 Å². The molecule has 7 nitrogen and oxygen atoms in total. The minimum Gasteiger partial charge on any atom is -0.481 e. The van der Waals surface area contributed by atoms with Crippen molar-refractivity contribution >= 4 is 54.9 Å². The van der Waals surface area contributed by atoms with Crippen molar-refractivity contribution in [2.45, 2.75) is 19.8 Å². The summed E-state index contributed by atoms with van der Waals surface area (Å²) in [5.74, 6) is -0.186. The summed E-state index contributed by atoms with van der Waals surface area (Å²) in [4.78, 5) is 28.4. The minimum atomic E-state index is -1.08. The molecular formula is C20H17Br2N3O4. The first-order chi connectivity index (χ1) is 13.9. The molecule has 0 aliphatic heterocycles. The third-order valence-corrected chi connectivity index (χ3v) is 4.97. The number of benzene rings is 2. The van der Waals surface area contributed by atoms with Gasteiger partial charge in [0.2, 0.25) is 0 Å². The van der Waals surface area contributed by atoms with E-state index in [0.717, 1.165) is 15.4 Å². The summed E-state index contributed by atoms with van der Waals surface area (Å²) in [6.07, 6.45) is 2.85. The van der Waals surface area contributed by atoms with Crippen LogP contribution in [0.25, 0.3) is 10.9 Å². The molecule has 0 amide bonds. The number of carboxylic acid groups (broad SMARTS) is 1. The predicted molar refractivity (Wildman–Crippen MR) is 118 cm³/mol. The van der Waals surface area contributed by atoms with E-state index in [9.17, 15) is 9.59 Å². The van der Waals surface area contributed by atoms with Gasteiger partial charge in [-0.2, -0.15) is 9.78 Å². The number of hydrogen-bond donors (Lipinski definition) is 1. The van der Waals surface area contributed by atoms with Crippen LogP contribution >= 0.6 is 31.9 Å². The lowest BCUT2D eigenvalue weighted by atomic mass is 10.2. The number of rotatable bonds is 7. The summed E-state index contributed by atoms with van der Waals surface area (Å²) in [7, 11) is 0. The molecule has 150 valence electrons. The number of ether oxygens (including phenoxy) is 1. The quantitative estimate of drug-likeness (QED) is 0.469. The monoisotopic (exact) mass is 521 g/mol. The Morgan fingerprint density at radius 1 is 1.24 bits per heavy atom. The average molecular weight is 523 g/mol. The van der Waals surface area contributed by atoms with Crippen molar-refractivity contribution in [2.75, 3.05) is 6.61 Å². The number of halogens is 2. The maximum atomic E-state index is 13.0. The molecule has 1 N–H and O–H groups in total. The Bertz CT molecular complexity index is 1160. The number of aliphatic carboxylic acids is 1. The first-order valence-corrected chi connectivity index (χ1v) is 10.4. The summed E-state index contributed by atoms with van der Waals surface area (Å²) in [6, 6.07) is 10.5. The van der Waals surface area contributed by atoms with Gasteiger partial charge in [0, 0.05) is 20.9 Å². The van der Waals surface area contributed by atoms with Crippen LogP contribution in [0, 0.1) is 0 Å². The van der Waals surface area contributed by atoms with E-state index in [-0.39, 0.29) is 5.56 Å². The van der Waals surface area contributed by atoms with E-state index in [1.54, 1.807) is 30.3 Å². The highest BCUT2D eigenvalue weighted by atomic mass is 79.9. The van der Waals surface area contributed by atoms with Gasteiger partial charge in [0.15, 0.2) is 6.61 Å². The van der Waals surface area contributed by atoms with Crippen LogP contribution < -0.4 is 10.3 Å². The fourth-order valence-corrected chi connectivity index (χ4v) is 3.45. The molecule has 0 aliphatic rings. The second-order valence-electron chi connectivity index (χ2n) is 6.17. The molecule has 2 aromatic carbocycles. The molecular weight excluding hydrogens is 506 g/mol. The molecule has 0 atom stereocenters. The third-order valence-electron chi connectivity index (χ3n) is 3.98. The van der Waals surface area contributed by atoms with Crippen molar-refractivity contribution in [3.8, 4) is 5.75 Å². The average Bonchev–Trinajstić information content (AvgIpc) is 2.67. The summed E-state index contributed by atoms with van der Waals surface area (Å²) >= 11 is 6.76. The zero-order chi connectivity index (χ0) is 21.0. The lowest BCUT2D eigenvalue weighted by molar-refractivity contribution is -0.139. The van der Waals surface area contributed by atoms with Gasteiger partial charge in [-0.15, -0.1) is 0 Å². The predicted octanol–water partition coefficient (Wildman–Crippen LogP) is 4.22. The van der Waals surface area contributed by atoms with Crippen LogP contribution in [0.4, 0.5) is 0 Å². The number of fused-ring (bicyclic) bond motifs is 1. The molecule has 0 aliphatic carbocycles. The van der Waals surface area contributed by atoms with Crippen molar-refractivity contribution in [3.63, 3.8) is 0 Å². The standard InChI is InChI=1S/C20H17Br2N3O4/c1-2-3-18-24-16-6-4-14(22)9-15(16)20(28)25(18)23-10-12-8-13(21)5-7-17(12)29-11-19(26)27/h4-10H,2-3,11H2,1H3,(H,26,27). The van der Waals surface area contributed by atoms with Gasteiger partial charge in [-0.1, -0.05) is 38.8 Å². The zero-order valence-electron chi connectivity index (χ0n) is 15.4. The molecule has 0 saturated heterocycles. The van der Waals surface area contributed by atoms with E-state index < -0.39 is 12.6 Å². The highest BCUT2D eigenvalue weighted by Gasteiger charge is 2.11. The largest absolute Gasteiger partial charge is 0.481 e. The van der Waals surface area contributed by atoms with Crippen molar-refractivity contribution in [3.05, 3.63) is 67.1 Å². The van der Waals surface area contributed by atoms with Gasteiger partial charge in [-0.05, 0) is 42.8 Å². The van der Waals surface area contributed by atoms with Gasteiger partial charge in [-0.3, -0.25) is 4.79 Å². The van der Waals surface area contributed by atoms with Crippen molar-refractivity contribution in [1.29, 1.82) is 0 Å². The van der Waals surface area contributed by atoms with Crippen LogP contribution in [0.1, 0.15) is 24.7 Å². The molecule has 1 heterocycles. The molecule has 0 fully saturated rings. The van der Waals surface area contributed by atoms with Crippen LogP contribution in [-0.4, -0.2) is 33.6 Å². The molecule has 3 aromatic rings. The lowest BCUT2D eigenvalue weighted by Crippen LogP contribution is -2.22. The summed E-state index contributed by atoms with van der Waals surface area (Å²) in [6.45, 7) is 1.52. The van der Waals surface area contributed by atoms with Gasteiger partial charge >= 0.3 is 5.97 Å². The molecule has 3 rings (SSSR count). The van der Waals surface area contributed by atoms with Crippen molar-refractivity contribution in [2.24, 2.45) is 5.10 Å². The molecule has 0 bridgehead atoms. The van der Waals surface area contributed by atoms with Crippen LogP contribution in [0.15, 0.2) is 55.2 Å². The second-order valence-corrected chi connectivity index (χ2v) is 8.00. The Morgan fingerprint density at radius 3 is 2.69 bits per heavy atom. The van der Waals surface area contributed by atoms with Crippen LogP contribution in [-0.2, 0) is 11.2 Å². The van der Waals surface area contributed by atoms with Crippen LogP contribution in [0.2, 0.25) is 0 Å². The number of aromatic nitrogens is 2. The van der Waals surface area contributed by atoms with E-state index in [1.165, 1.54) is 10.9 Å². The molecule has 0 radical (unpaired) electrons. The molecule has 0 unspecified atom stereocenters. The molecule has 0 saturated carbocycles. The summed E-state index contributed by atoms with van der Waals surface area (Å²) in [5, 5.41) is 13.7. The van der Waals surface area contributed by atoms with E-state index >= 15 is 0 Å². The van der Waals surface area contributed by atoms with Gasteiger partial charge < -0.3 is 9.84 Å². The smallest absolute Gasteiger partial charge is 0.341 e. The Balaban J connectivity index is 2.09. The van der Waals surface area contributed by atoms with Gasteiger partial charge in [0.1, 0.15) is 11.6 Å². The van der Waals surface area contributed by atoms with Crippen molar-refractivity contribution in [1.82, 2.24) is 9.66 Å². The number of carbonyl (C=O) groups is 1. The Kier molecular flexibility index (Phi) is 6.81. The molecule has 1 aromatic heterocycles. The second kappa shape index (κ2) is 9.32. The SMILES string of the molecule is CCCc1nc2ccc(Br)cc2c(=O)n1N=Cc1cc(Br)ccc1OCC(=O)O. The first-order valence-electron chi connectivity index (χ1n) is 8.78. The van der Waals surface area contributed by atoms with Gasteiger partial charge in [0.05, 0.1) is 17.1 Å². The maximum Gasteiger partial charge on any atom is 0.341 e. The highest BCUT2D eigenvalue weighted by Crippen LogP contribution is 2.22. The van der Waals surface area contributed by atoms with E-state index in [4.69, 9.17) is 9.84 Å². The van der Waals surface area contributed by atoms with E-state index in [2.05, 4.69) is 41.9 Å². The molecule has 29 heavy (non-hydrogen) atoms. The minimum absolute atomic E-state index is 0.279. The molecule has 0 spiro atoms. The third kappa shape index (κ3) is 5.10. The number of aryl methyl sites for hydroxylation is 1. The Labute approximate surface area is 183 Å².